The number of rotatable bonds is 5. The molecule has 1 aliphatic rings. The van der Waals surface area contributed by atoms with Gasteiger partial charge in [-0.2, -0.15) is 9.57 Å². The lowest BCUT2D eigenvalue weighted by molar-refractivity contribution is -0.139. The molecule has 3 rings (SSSR count). The molecule has 2 aromatic rings. The van der Waals surface area contributed by atoms with Gasteiger partial charge in [0.15, 0.2) is 6.10 Å². The summed E-state index contributed by atoms with van der Waals surface area (Å²) < 4.78 is 32.6. The third-order valence-corrected chi connectivity index (χ3v) is 7.34. The second-order valence-corrected chi connectivity index (χ2v) is 9.46. The first kappa shape index (κ1) is 22.4. The summed E-state index contributed by atoms with van der Waals surface area (Å²) in [6, 6.07) is 12.7. The summed E-state index contributed by atoms with van der Waals surface area (Å²) in [6.07, 6.45) is -0.767. The molecule has 0 aliphatic carbocycles. The van der Waals surface area contributed by atoms with E-state index < -0.39 is 16.1 Å². The van der Waals surface area contributed by atoms with Crippen molar-refractivity contribution in [1.29, 1.82) is 5.26 Å². The predicted octanol–water partition coefficient (Wildman–Crippen LogP) is 3.17. The lowest BCUT2D eigenvalue weighted by atomic mass is 10.2. The minimum absolute atomic E-state index is 0.0609. The van der Waals surface area contributed by atoms with Crippen LogP contribution in [0.1, 0.15) is 12.5 Å². The van der Waals surface area contributed by atoms with E-state index in [1.165, 1.54) is 22.5 Å². The van der Waals surface area contributed by atoms with E-state index in [9.17, 15) is 13.2 Å². The normalized spacial score (nSPS) is 16.0. The number of hydrogen-bond acceptors (Lipinski definition) is 5. The fraction of sp³-hybridized carbons (Fsp3) is 0.300. The van der Waals surface area contributed by atoms with Crippen molar-refractivity contribution in [3.05, 3.63) is 58.1 Å². The van der Waals surface area contributed by atoms with Crippen LogP contribution in [0.4, 0.5) is 0 Å². The van der Waals surface area contributed by atoms with E-state index in [-0.39, 0.29) is 47.0 Å². The predicted molar refractivity (Wildman–Crippen MR) is 113 cm³/mol. The molecule has 1 saturated heterocycles. The van der Waals surface area contributed by atoms with Gasteiger partial charge >= 0.3 is 0 Å². The molecule has 1 heterocycles. The zero-order valence-corrected chi connectivity index (χ0v) is 18.4. The van der Waals surface area contributed by atoms with Gasteiger partial charge in [-0.15, -0.1) is 0 Å². The lowest BCUT2D eigenvalue weighted by Gasteiger charge is -2.35. The summed E-state index contributed by atoms with van der Waals surface area (Å²) in [7, 11) is -3.74. The highest BCUT2D eigenvalue weighted by molar-refractivity contribution is 7.89. The molecule has 10 heteroatoms. The number of sulfonamides is 1. The van der Waals surface area contributed by atoms with Crippen LogP contribution in [0.2, 0.25) is 10.0 Å². The molecule has 1 unspecified atom stereocenters. The number of benzene rings is 2. The molecule has 7 nitrogen and oxygen atoms in total. The number of carbonyl (C=O) groups is 1. The molecule has 0 radical (unpaired) electrons. The van der Waals surface area contributed by atoms with Crippen LogP contribution in [0, 0.1) is 11.3 Å². The quantitative estimate of drug-likeness (QED) is 0.673. The first-order chi connectivity index (χ1) is 14.2. The van der Waals surface area contributed by atoms with Crippen molar-refractivity contribution in [3.63, 3.8) is 0 Å². The Hall–Kier alpha value is -2.31. The van der Waals surface area contributed by atoms with Crippen LogP contribution in [-0.2, 0) is 14.8 Å². The summed E-state index contributed by atoms with van der Waals surface area (Å²) in [5, 5.41) is 9.41. The fourth-order valence-corrected chi connectivity index (χ4v) is 4.90. The number of hydrogen-bond donors (Lipinski definition) is 0. The highest BCUT2D eigenvalue weighted by Crippen LogP contribution is 2.27. The summed E-state index contributed by atoms with van der Waals surface area (Å²) >= 11 is 11.8. The number of nitriles is 1. The van der Waals surface area contributed by atoms with Crippen molar-refractivity contribution < 1.29 is 17.9 Å². The van der Waals surface area contributed by atoms with E-state index >= 15 is 0 Å². The van der Waals surface area contributed by atoms with Crippen molar-refractivity contribution in [2.45, 2.75) is 17.9 Å². The van der Waals surface area contributed by atoms with Crippen molar-refractivity contribution in [1.82, 2.24) is 9.21 Å². The molecular formula is C20H19Cl2N3O4S. The number of carbonyl (C=O) groups excluding carboxylic acids is 1. The molecule has 0 bridgehead atoms. The van der Waals surface area contributed by atoms with E-state index in [0.29, 0.717) is 11.3 Å². The summed E-state index contributed by atoms with van der Waals surface area (Å²) in [4.78, 5) is 14.3. The Labute approximate surface area is 185 Å². The number of halogens is 2. The topological polar surface area (TPSA) is 90.7 Å². The zero-order chi connectivity index (χ0) is 21.9. The van der Waals surface area contributed by atoms with Gasteiger partial charge in [0.2, 0.25) is 10.0 Å². The zero-order valence-electron chi connectivity index (χ0n) is 16.1. The van der Waals surface area contributed by atoms with Gasteiger partial charge in [0.1, 0.15) is 5.75 Å². The largest absolute Gasteiger partial charge is 0.481 e. The third-order valence-electron chi connectivity index (χ3n) is 4.70. The van der Waals surface area contributed by atoms with Gasteiger partial charge in [-0.25, -0.2) is 8.42 Å². The minimum atomic E-state index is -3.74. The monoisotopic (exact) mass is 467 g/mol. The first-order valence-electron chi connectivity index (χ1n) is 9.13. The average molecular weight is 468 g/mol. The maximum Gasteiger partial charge on any atom is 0.263 e. The molecule has 158 valence electrons. The Balaban J connectivity index is 1.62. The third kappa shape index (κ3) is 4.87. The van der Waals surface area contributed by atoms with Gasteiger partial charge in [0.25, 0.3) is 5.91 Å². The standard InChI is InChI=1S/C20H19Cl2N3O4S/c1-14(29-16-4-2-3-15(11-16)13-23)20(26)24-7-9-25(10-8-24)30(27,28)17-5-6-18(21)19(22)12-17/h2-6,11-12,14H,7-10H2,1H3. The smallest absolute Gasteiger partial charge is 0.263 e. The molecule has 2 aromatic carbocycles. The number of piperazine rings is 1. The molecular weight excluding hydrogens is 449 g/mol. The average Bonchev–Trinajstić information content (AvgIpc) is 2.75. The SMILES string of the molecule is CC(Oc1cccc(C#N)c1)C(=O)N1CCN(S(=O)(=O)c2ccc(Cl)c(Cl)c2)CC1. The summed E-state index contributed by atoms with van der Waals surface area (Å²) in [5.41, 5.74) is 0.438. The second kappa shape index (κ2) is 9.23. The van der Waals surface area contributed by atoms with Crippen molar-refractivity contribution in [3.8, 4) is 11.8 Å². The van der Waals surface area contributed by atoms with Gasteiger partial charge in [-0.3, -0.25) is 4.79 Å². The Kier molecular flexibility index (Phi) is 6.88. The molecule has 1 fully saturated rings. The highest BCUT2D eigenvalue weighted by Gasteiger charge is 2.32. The molecule has 0 aromatic heterocycles. The van der Waals surface area contributed by atoms with Crippen LogP contribution < -0.4 is 4.74 Å². The van der Waals surface area contributed by atoms with E-state index in [1.54, 1.807) is 36.1 Å². The van der Waals surface area contributed by atoms with E-state index in [0.717, 1.165) is 0 Å². The van der Waals surface area contributed by atoms with E-state index in [1.807, 2.05) is 6.07 Å². The Morgan fingerprint density at radius 3 is 2.43 bits per heavy atom. The van der Waals surface area contributed by atoms with Crippen molar-refractivity contribution in [2.75, 3.05) is 26.2 Å². The van der Waals surface area contributed by atoms with Gasteiger partial charge < -0.3 is 9.64 Å². The number of nitrogens with zero attached hydrogens (tertiary/aromatic N) is 3. The molecule has 0 N–H and O–H groups in total. The maximum atomic E-state index is 12.8. The molecule has 1 aliphatic heterocycles. The lowest BCUT2D eigenvalue weighted by Crippen LogP contribution is -2.53. The number of amides is 1. The molecule has 1 amide bonds. The Morgan fingerprint density at radius 1 is 1.10 bits per heavy atom. The van der Waals surface area contributed by atoms with Crippen LogP contribution in [0.15, 0.2) is 47.4 Å². The maximum absolute atomic E-state index is 12.8. The first-order valence-corrected chi connectivity index (χ1v) is 11.3. The Morgan fingerprint density at radius 2 is 1.80 bits per heavy atom. The Bertz CT molecular complexity index is 1090. The van der Waals surface area contributed by atoms with Crippen LogP contribution in [0.3, 0.4) is 0 Å². The second-order valence-electron chi connectivity index (χ2n) is 6.71. The number of ether oxygens (including phenoxy) is 1. The van der Waals surface area contributed by atoms with Gasteiger partial charge in [0, 0.05) is 26.2 Å². The summed E-state index contributed by atoms with van der Waals surface area (Å²) in [6.45, 7) is 2.42. The van der Waals surface area contributed by atoms with Crippen LogP contribution >= 0.6 is 23.2 Å². The van der Waals surface area contributed by atoms with Crippen molar-refractivity contribution in [2.24, 2.45) is 0 Å². The fourth-order valence-electron chi connectivity index (χ4n) is 3.09. The van der Waals surface area contributed by atoms with Crippen LogP contribution in [0.25, 0.3) is 0 Å². The van der Waals surface area contributed by atoms with E-state index in [4.69, 9.17) is 33.2 Å². The molecule has 0 saturated carbocycles. The minimum Gasteiger partial charge on any atom is -0.481 e. The van der Waals surface area contributed by atoms with Gasteiger partial charge in [-0.05, 0) is 43.3 Å². The van der Waals surface area contributed by atoms with Crippen LogP contribution in [-0.4, -0.2) is 55.8 Å². The van der Waals surface area contributed by atoms with Gasteiger partial charge in [0.05, 0.1) is 26.6 Å². The molecule has 0 spiro atoms. The molecule has 30 heavy (non-hydrogen) atoms. The van der Waals surface area contributed by atoms with E-state index in [2.05, 4.69) is 0 Å². The van der Waals surface area contributed by atoms with Crippen molar-refractivity contribution >= 4 is 39.1 Å². The van der Waals surface area contributed by atoms with Gasteiger partial charge in [-0.1, -0.05) is 29.3 Å². The summed E-state index contributed by atoms with van der Waals surface area (Å²) in [5.74, 6) is 0.180. The molecule has 1 atom stereocenters. The van der Waals surface area contributed by atoms with Crippen LogP contribution in [0.5, 0.6) is 5.75 Å². The highest BCUT2D eigenvalue weighted by atomic mass is 35.5.